The van der Waals surface area contributed by atoms with Gasteiger partial charge in [-0.2, -0.15) is 0 Å². The van der Waals surface area contributed by atoms with Crippen LogP contribution >= 0.6 is 46.4 Å². The SMILES string of the molecule is CCN1C(=CC=Cc2n(CC)c3cc(Cl)c(Cl)cc3[n+]2C)N(CC)c2cc(Cl)c(Cl)cc21. The fourth-order valence-electron chi connectivity index (χ4n) is 4.39. The molecule has 1 aromatic heterocycles. The molecule has 2 heterocycles. The van der Waals surface area contributed by atoms with Crippen molar-refractivity contribution in [2.75, 3.05) is 22.9 Å². The number of nitrogens with zero attached hydrogens (tertiary/aromatic N) is 4. The molecule has 0 saturated carbocycles. The Labute approximate surface area is 208 Å². The van der Waals surface area contributed by atoms with Crippen molar-refractivity contribution in [2.24, 2.45) is 7.05 Å². The molecule has 0 fully saturated rings. The summed E-state index contributed by atoms with van der Waals surface area (Å²) in [5.41, 5.74) is 4.23. The van der Waals surface area contributed by atoms with Gasteiger partial charge in [0.05, 0.1) is 45.1 Å². The van der Waals surface area contributed by atoms with Crippen LogP contribution in [0.1, 0.15) is 26.6 Å². The van der Waals surface area contributed by atoms with Crippen LogP contribution < -0.4 is 14.4 Å². The lowest BCUT2D eigenvalue weighted by Gasteiger charge is -2.23. The van der Waals surface area contributed by atoms with E-state index in [2.05, 4.69) is 57.9 Å². The second kappa shape index (κ2) is 9.18. The molecule has 2 aromatic carbocycles. The number of anilines is 2. The summed E-state index contributed by atoms with van der Waals surface area (Å²) in [7, 11) is 2.04. The minimum absolute atomic E-state index is 0.555. The van der Waals surface area contributed by atoms with Crippen LogP contribution in [0.5, 0.6) is 0 Å². The van der Waals surface area contributed by atoms with Crippen LogP contribution in [0.15, 0.2) is 42.2 Å². The maximum absolute atomic E-state index is 6.31. The van der Waals surface area contributed by atoms with E-state index in [9.17, 15) is 0 Å². The Morgan fingerprint density at radius 3 is 1.84 bits per heavy atom. The summed E-state index contributed by atoms with van der Waals surface area (Å²) >= 11 is 25.2. The van der Waals surface area contributed by atoms with Gasteiger partial charge in [-0.05, 0) is 39.0 Å². The van der Waals surface area contributed by atoms with E-state index in [4.69, 9.17) is 46.4 Å². The molecule has 0 amide bonds. The Balaban J connectivity index is 1.78. The number of benzene rings is 2. The lowest BCUT2D eigenvalue weighted by molar-refractivity contribution is -0.647. The molecule has 0 saturated heterocycles. The van der Waals surface area contributed by atoms with Gasteiger partial charge in [0.25, 0.3) is 5.82 Å². The van der Waals surface area contributed by atoms with Gasteiger partial charge in [0, 0.05) is 31.3 Å². The zero-order chi connectivity index (χ0) is 23.2. The fourth-order valence-corrected chi connectivity index (χ4v) is 5.02. The van der Waals surface area contributed by atoms with Gasteiger partial charge >= 0.3 is 0 Å². The number of aryl methyl sites for hydroxylation is 2. The molecule has 0 atom stereocenters. The Morgan fingerprint density at radius 2 is 1.31 bits per heavy atom. The third-order valence-corrected chi connectivity index (χ3v) is 7.33. The van der Waals surface area contributed by atoms with E-state index in [1.165, 1.54) is 0 Å². The van der Waals surface area contributed by atoms with Gasteiger partial charge in [0.15, 0.2) is 11.0 Å². The maximum Gasteiger partial charge on any atom is 0.282 e. The van der Waals surface area contributed by atoms with Gasteiger partial charge in [0.1, 0.15) is 5.82 Å². The van der Waals surface area contributed by atoms with E-state index >= 15 is 0 Å². The first kappa shape index (κ1) is 23.3. The Morgan fingerprint density at radius 1 is 0.781 bits per heavy atom. The monoisotopic (exact) mass is 509 g/mol. The van der Waals surface area contributed by atoms with Crippen LogP contribution in [0, 0.1) is 0 Å². The largest absolute Gasteiger partial charge is 0.326 e. The summed E-state index contributed by atoms with van der Waals surface area (Å²) < 4.78 is 4.36. The molecule has 1 aliphatic heterocycles. The molecule has 0 unspecified atom stereocenters. The summed E-state index contributed by atoms with van der Waals surface area (Å²) in [4.78, 5) is 4.50. The van der Waals surface area contributed by atoms with Crippen LogP contribution in [0.2, 0.25) is 20.1 Å². The average Bonchev–Trinajstić information content (AvgIpc) is 3.19. The van der Waals surface area contributed by atoms with Crippen LogP contribution in [-0.4, -0.2) is 17.7 Å². The summed E-state index contributed by atoms with van der Waals surface area (Å²) in [6.45, 7) is 8.84. The van der Waals surface area contributed by atoms with Crippen LogP contribution in [0.3, 0.4) is 0 Å². The van der Waals surface area contributed by atoms with E-state index in [0.717, 1.165) is 53.7 Å². The number of hydrogen-bond acceptors (Lipinski definition) is 2. The first-order valence-electron chi connectivity index (χ1n) is 10.6. The van der Waals surface area contributed by atoms with Crippen molar-refractivity contribution in [1.82, 2.24) is 4.57 Å². The molecule has 4 rings (SSSR count). The molecular formula is C24H25Cl4N4+. The molecular weight excluding hydrogens is 486 g/mol. The molecule has 0 N–H and O–H groups in total. The fraction of sp³-hybridized carbons (Fsp3) is 0.292. The lowest BCUT2D eigenvalue weighted by atomic mass is 10.2. The Bertz CT molecular complexity index is 1220. The molecule has 32 heavy (non-hydrogen) atoms. The van der Waals surface area contributed by atoms with Crippen molar-refractivity contribution in [3.8, 4) is 0 Å². The molecule has 1 aliphatic rings. The minimum atomic E-state index is 0.555. The van der Waals surface area contributed by atoms with E-state index in [0.29, 0.717) is 20.1 Å². The van der Waals surface area contributed by atoms with Gasteiger partial charge in [-0.25, -0.2) is 9.13 Å². The zero-order valence-corrected chi connectivity index (χ0v) is 21.5. The predicted octanol–water partition coefficient (Wildman–Crippen LogP) is 7.32. The van der Waals surface area contributed by atoms with Crippen molar-refractivity contribution in [2.45, 2.75) is 27.3 Å². The molecule has 168 valence electrons. The third-order valence-electron chi connectivity index (χ3n) is 5.88. The van der Waals surface area contributed by atoms with Crippen molar-refractivity contribution >= 4 is 74.9 Å². The van der Waals surface area contributed by atoms with E-state index in [1.54, 1.807) is 0 Å². The number of fused-ring (bicyclic) bond motifs is 2. The lowest BCUT2D eigenvalue weighted by Crippen LogP contribution is -2.31. The highest BCUT2D eigenvalue weighted by molar-refractivity contribution is 6.43. The van der Waals surface area contributed by atoms with Crippen molar-refractivity contribution in [3.05, 3.63) is 68.2 Å². The van der Waals surface area contributed by atoms with Gasteiger partial charge in [-0.1, -0.05) is 52.5 Å². The first-order valence-corrected chi connectivity index (χ1v) is 12.1. The Kier molecular flexibility index (Phi) is 6.69. The standard InChI is InChI=1S/C24H25Cl4N4/c1-5-30-20-12-16(26)15(25)11-19(20)29(4)23(30)9-8-10-24-31(6-2)21-13-17(27)18(28)14-22(21)32(24)7-3/h8-14H,5-7H2,1-4H3/q+1. The second-order valence-corrected chi connectivity index (χ2v) is 9.17. The summed E-state index contributed by atoms with van der Waals surface area (Å²) in [6, 6.07) is 7.73. The number of halogens is 4. The van der Waals surface area contributed by atoms with Crippen molar-refractivity contribution < 1.29 is 4.57 Å². The van der Waals surface area contributed by atoms with Crippen molar-refractivity contribution in [3.63, 3.8) is 0 Å². The molecule has 0 bridgehead atoms. The predicted molar refractivity (Wildman–Crippen MR) is 138 cm³/mol. The molecule has 8 heteroatoms. The van der Waals surface area contributed by atoms with Gasteiger partial charge in [-0.3, -0.25) is 0 Å². The van der Waals surface area contributed by atoms with Gasteiger partial charge in [0.2, 0.25) is 0 Å². The third kappa shape index (κ3) is 3.77. The quantitative estimate of drug-likeness (QED) is 0.334. The summed E-state index contributed by atoms with van der Waals surface area (Å²) in [5, 5.41) is 2.24. The van der Waals surface area contributed by atoms with Gasteiger partial charge < -0.3 is 9.80 Å². The zero-order valence-electron chi connectivity index (χ0n) is 18.5. The molecule has 0 radical (unpaired) electrons. The number of allylic oxidation sites excluding steroid dienone is 2. The smallest absolute Gasteiger partial charge is 0.282 e. The highest BCUT2D eigenvalue weighted by Crippen LogP contribution is 2.45. The van der Waals surface area contributed by atoms with E-state index in [1.807, 2.05) is 31.3 Å². The first-order chi connectivity index (χ1) is 15.3. The average molecular weight is 511 g/mol. The van der Waals surface area contributed by atoms with E-state index in [-0.39, 0.29) is 0 Å². The molecule has 0 aliphatic carbocycles. The van der Waals surface area contributed by atoms with Crippen LogP contribution in [0.25, 0.3) is 17.1 Å². The van der Waals surface area contributed by atoms with Crippen LogP contribution in [-0.2, 0) is 13.6 Å². The number of hydrogen-bond donors (Lipinski definition) is 0. The Hall–Kier alpha value is -1.85. The number of rotatable bonds is 5. The topological polar surface area (TPSA) is 15.3 Å². The highest BCUT2D eigenvalue weighted by Gasteiger charge is 2.30. The number of imidazole rings is 1. The highest BCUT2D eigenvalue weighted by atomic mass is 35.5. The molecule has 4 nitrogen and oxygen atoms in total. The summed E-state index contributed by atoms with van der Waals surface area (Å²) in [5.74, 6) is 2.15. The summed E-state index contributed by atoms with van der Waals surface area (Å²) in [6.07, 6.45) is 6.33. The molecule has 0 spiro atoms. The maximum atomic E-state index is 6.31. The second-order valence-electron chi connectivity index (χ2n) is 7.54. The van der Waals surface area contributed by atoms with Crippen LogP contribution in [0.4, 0.5) is 11.4 Å². The normalized spacial score (nSPS) is 13.7. The van der Waals surface area contributed by atoms with E-state index < -0.39 is 0 Å². The minimum Gasteiger partial charge on any atom is -0.326 e. The van der Waals surface area contributed by atoms with Crippen molar-refractivity contribution in [1.29, 1.82) is 0 Å². The molecule has 3 aromatic rings. The number of aromatic nitrogens is 2. The van der Waals surface area contributed by atoms with Gasteiger partial charge in [-0.15, -0.1) is 0 Å².